The zero-order valence-corrected chi connectivity index (χ0v) is 12.5. The molecule has 2 rings (SSSR count). The molecule has 1 aliphatic rings. The Balaban J connectivity index is 2.60. The third kappa shape index (κ3) is 2.53. The average molecular weight is 313 g/mol. The van der Waals surface area contributed by atoms with Crippen molar-refractivity contribution in [3.8, 4) is 11.5 Å². The summed E-state index contributed by atoms with van der Waals surface area (Å²) in [5.74, 6) is 2.00. The minimum Gasteiger partial charge on any atom is -0.486 e. The maximum atomic E-state index is 11.4. The van der Waals surface area contributed by atoms with Gasteiger partial charge in [0.15, 0.2) is 11.5 Å². The van der Waals surface area contributed by atoms with Crippen LogP contribution < -0.4 is 9.47 Å². The summed E-state index contributed by atoms with van der Waals surface area (Å²) in [5, 5.41) is 0. The fourth-order valence-electron chi connectivity index (χ4n) is 2.26. The molecule has 98 valence electrons. The molecule has 0 aromatic heterocycles. The van der Waals surface area contributed by atoms with Crippen molar-refractivity contribution in [2.75, 3.05) is 13.2 Å². The number of hydrogen-bond acceptors (Lipinski definition) is 3. The quantitative estimate of drug-likeness (QED) is 0.857. The second kappa shape index (κ2) is 5.31. The molecule has 0 N–H and O–H groups in total. The summed E-state index contributed by atoms with van der Waals surface area (Å²) in [5.41, 5.74) is 2.09. The number of fused-ring (bicyclic) bond motifs is 1. The van der Waals surface area contributed by atoms with Gasteiger partial charge in [0.05, 0.1) is 0 Å². The minimum atomic E-state index is 0.147. The molecule has 0 saturated carbocycles. The molecule has 18 heavy (non-hydrogen) atoms. The van der Waals surface area contributed by atoms with Gasteiger partial charge in [-0.05, 0) is 24.5 Å². The Morgan fingerprint density at radius 3 is 2.67 bits per heavy atom. The maximum absolute atomic E-state index is 11.4. The molecular weight excluding hydrogens is 296 g/mol. The standard InChI is InChI=1S/C14H17BrO3/c1-8(2)13-10(6-9(3)16)11(15)7-12-14(13)18-5-4-17-12/h7-8H,4-6H2,1-3H3. The number of carbonyl (C=O) groups excluding carboxylic acids is 1. The van der Waals surface area contributed by atoms with Gasteiger partial charge in [0.2, 0.25) is 0 Å². The molecule has 0 unspecified atom stereocenters. The number of Topliss-reactive ketones (excluding diaryl/α,β-unsaturated/α-hetero) is 1. The zero-order valence-electron chi connectivity index (χ0n) is 10.9. The highest BCUT2D eigenvalue weighted by Gasteiger charge is 2.24. The molecule has 0 radical (unpaired) electrons. The predicted molar refractivity (Wildman–Crippen MR) is 73.6 cm³/mol. The lowest BCUT2D eigenvalue weighted by Crippen LogP contribution is -2.18. The second-order valence-corrected chi connectivity index (χ2v) is 5.66. The fraction of sp³-hybridized carbons (Fsp3) is 0.500. The Kier molecular flexibility index (Phi) is 3.95. The van der Waals surface area contributed by atoms with Crippen molar-refractivity contribution in [1.82, 2.24) is 0 Å². The van der Waals surface area contributed by atoms with Crippen molar-refractivity contribution in [3.05, 3.63) is 21.7 Å². The first-order valence-corrected chi connectivity index (χ1v) is 6.90. The Bertz CT molecular complexity index is 480. The van der Waals surface area contributed by atoms with Crippen molar-refractivity contribution in [2.24, 2.45) is 0 Å². The lowest BCUT2D eigenvalue weighted by Gasteiger charge is -2.25. The van der Waals surface area contributed by atoms with E-state index in [1.165, 1.54) is 0 Å². The third-order valence-corrected chi connectivity index (χ3v) is 3.64. The summed E-state index contributed by atoms with van der Waals surface area (Å²) in [4.78, 5) is 11.4. The van der Waals surface area contributed by atoms with Crippen LogP contribution in [-0.4, -0.2) is 19.0 Å². The first kappa shape index (κ1) is 13.4. The van der Waals surface area contributed by atoms with Crippen LogP contribution in [0.15, 0.2) is 10.5 Å². The number of rotatable bonds is 3. The average Bonchev–Trinajstić information content (AvgIpc) is 2.28. The Hall–Kier alpha value is -1.03. The van der Waals surface area contributed by atoms with E-state index < -0.39 is 0 Å². The van der Waals surface area contributed by atoms with Gasteiger partial charge >= 0.3 is 0 Å². The van der Waals surface area contributed by atoms with Crippen molar-refractivity contribution in [1.29, 1.82) is 0 Å². The van der Waals surface area contributed by atoms with Crippen LogP contribution in [0.1, 0.15) is 37.8 Å². The van der Waals surface area contributed by atoms with Gasteiger partial charge in [-0.1, -0.05) is 29.8 Å². The van der Waals surface area contributed by atoms with E-state index in [1.807, 2.05) is 6.07 Å². The van der Waals surface area contributed by atoms with Gasteiger partial charge in [-0.3, -0.25) is 4.79 Å². The number of benzene rings is 1. The summed E-state index contributed by atoms with van der Waals surface area (Å²) >= 11 is 3.54. The number of halogens is 1. The van der Waals surface area contributed by atoms with Crippen LogP contribution in [0.3, 0.4) is 0 Å². The fourth-order valence-corrected chi connectivity index (χ4v) is 2.82. The lowest BCUT2D eigenvalue weighted by atomic mass is 9.92. The van der Waals surface area contributed by atoms with Gasteiger partial charge in [0, 0.05) is 16.5 Å². The van der Waals surface area contributed by atoms with Crippen LogP contribution in [0.4, 0.5) is 0 Å². The van der Waals surface area contributed by atoms with Crippen LogP contribution in [0.25, 0.3) is 0 Å². The number of ether oxygens (including phenoxy) is 2. The minimum absolute atomic E-state index is 0.147. The van der Waals surface area contributed by atoms with Crippen molar-refractivity contribution in [3.63, 3.8) is 0 Å². The topological polar surface area (TPSA) is 35.5 Å². The molecule has 1 aliphatic heterocycles. The second-order valence-electron chi connectivity index (χ2n) is 4.81. The smallest absolute Gasteiger partial charge is 0.165 e. The van der Waals surface area contributed by atoms with E-state index in [2.05, 4.69) is 29.8 Å². The van der Waals surface area contributed by atoms with Gasteiger partial charge in [0.1, 0.15) is 19.0 Å². The maximum Gasteiger partial charge on any atom is 0.165 e. The normalized spacial score (nSPS) is 13.8. The van der Waals surface area contributed by atoms with Gasteiger partial charge in [-0.2, -0.15) is 0 Å². The van der Waals surface area contributed by atoms with Gasteiger partial charge in [-0.25, -0.2) is 0 Å². The van der Waals surface area contributed by atoms with Crippen LogP contribution in [0, 0.1) is 0 Å². The van der Waals surface area contributed by atoms with Crippen molar-refractivity contribution >= 4 is 21.7 Å². The zero-order chi connectivity index (χ0) is 13.3. The Morgan fingerprint density at radius 2 is 2.06 bits per heavy atom. The van der Waals surface area contributed by atoms with E-state index in [9.17, 15) is 4.79 Å². The molecule has 0 bridgehead atoms. The summed E-state index contributed by atoms with van der Waals surface area (Å²) in [6, 6.07) is 1.90. The van der Waals surface area contributed by atoms with Crippen LogP contribution in [-0.2, 0) is 11.2 Å². The van der Waals surface area contributed by atoms with E-state index >= 15 is 0 Å². The molecule has 1 aromatic rings. The van der Waals surface area contributed by atoms with E-state index in [1.54, 1.807) is 6.92 Å². The van der Waals surface area contributed by atoms with Crippen LogP contribution in [0.5, 0.6) is 11.5 Å². The Morgan fingerprint density at radius 1 is 1.39 bits per heavy atom. The summed E-state index contributed by atoms with van der Waals surface area (Å²) in [7, 11) is 0. The molecule has 3 nitrogen and oxygen atoms in total. The monoisotopic (exact) mass is 312 g/mol. The molecule has 0 amide bonds. The van der Waals surface area contributed by atoms with Crippen LogP contribution in [0.2, 0.25) is 0 Å². The molecule has 0 aliphatic carbocycles. The van der Waals surface area contributed by atoms with Gasteiger partial charge < -0.3 is 9.47 Å². The number of ketones is 1. The predicted octanol–water partition coefficient (Wildman–Crippen LogP) is 3.48. The Labute approximate surface area is 116 Å². The summed E-state index contributed by atoms with van der Waals surface area (Å²) in [6.45, 7) is 6.94. The molecule has 4 heteroatoms. The van der Waals surface area contributed by atoms with Crippen molar-refractivity contribution < 1.29 is 14.3 Å². The van der Waals surface area contributed by atoms with E-state index in [4.69, 9.17) is 9.47 Å². The highest BCUT2D eigenvalue weighted by molar-refractivity contribution is 9.10. The molecule has 1 heterocycles. The highest BCUT2D eigenvalue weighted by atomic mass is 79.9. The van der Waals surface area contributed by atoms with Gasteiger partial charge in [-0.15, -0.1) is 0 Å². The molecule has 0 atom stereocenters. The largest absolute Gasteiger partial charge is 0.486 e. The summed E-state index contributed by atoms with van der Waals surface area (Å²) in [6.07, 6.45) is 0.421. The summed E-state index contributed by atoms with van der Waals surface area (Å²) < 4.78 is 12.3. The SMILES string of the molecule is CC(=O)Cc1c(Br)cc2c(c1C(C)C)OCCO2. The van der Waals surface area contributed by atoms with Gasteiger partial charge in [0.25, 0.3) is 0 Å². The van der Waals surface area contributed by atoms with Crippen LogP contribution >= 0.6 is 15.9 Å². The van der Waals surface area contributed by atoms with E-state index in [-0.39, 0.29) is 11.7 Å². The van der Waals surface area contributed by atoms with E-state index in [0.717, 1.165) is 27.1 Å². The highest BCUT2D eigenvalue weighted by Crippen LogP contribution is 2.43. The third-order valence-electron chi connectivity index (χ3n) is 2.93. The molecular formula is C14H17BrO3. The molecule has 0 fully saturated rings. The van der Waals surface area contributed by atoms with E-state index in [0.29, 0.717) is 19.6 Å². The first-order valence-electron chi connectivity index (χ1n) is 6.11. The number of hydrogen-bond donors (Lipinski definition) is 0. The molecule has 0 saturated heterocycles. The molecule has 1 aromatic carbocycles. The van der Waals surface area contributed by atoms with Crippen molar-refractivity contribution in [2.45, 2.75) is 33.1 Å². The molecule has 0 spiro atoms. The number of carbonyl (C=O) groups is 1. The lowest BCUT2D eigenvalue weighted by molar-refractivity contribution is -0.116. The first-order chi connectivity index (χ1) is 8.50.